The van der Waals surface area contributed by atoms with E-state index in [1.54, 1.807) is 12.3 Å². The molecule has 3 amide bonds. The first-order chi connectivity index (χ1) is 25.7. The van der Waals surface area contributed by atoms with E-state index < -0.39 is 0 Å². The van der Waals surface area contributed by atoms with Crippen molar-refractivity contribution in [2.24, 2.45) is 0 Å². The summed E-state index contributed by atoms with van der Waals surface area (Å²) >= 11 is 7.55. The Bertz CT molecular complexity index is 2000. The summed E-state index contributed by atoms with van der Waals surface area (Å²) in [4.78, 5) is 60.8. The standard InChI is InChI=1S/C38H43ClN10O3S/c1-23-5-3-6-28(39)35(23)45-37(52)31-20-40-38(53-31)43-32-19-33(42-24(2)41-32)49-22-29-30(49)21-48(29)14-4-13-46-15-17-47(18-16-46)26-9-7-25(8-10-26)27-11-12-34(50)44-36(27)51/h3,5-10,19-20,27,29-30H,4,11-18,21-22H2,1-2H3,(H,45,52)(H,44,50,51)(H,40,41,42,43)/t27?,29?,30-/m0/s1. The second-order valence-corrected chi connectivity index (χ2v) is 15.7. The van der Waals surface area contributed by atoms with Crippen molar-refractivity contribution in [1.29, 1.82) is 0 Å². The van der Waals surface area contributed by atoms with Gasteiger partial charge < -0.3 is 20.4 Å². The van der Waals surface area contributed by atoms with Gasteiger partial charge in [0.05, 0.1) is 28.9 Å². The topological polar surface area (TPSA) is 139 Å². The summed E-state index contributed by atoms with van der Waals surface area (Å²) in [7, 11) is 0. The van der Waals surface area contributed by atoms with Gasteiger partial charge in [-0.2, -0.15) is 0 Å². The molecule has 4 aliphatic rings. The van der Waals surface area contributed by atoms with E-state index in [4.69, 9.17) is 16.6 Å². The minimum Gasteiger partial charge on any atom is -0.369 e. The van der Waals surface area contributed by atoms with E-state index in [0.717, 1.165) is 75.7 Å². The van der Waals surface area contributed by atoms with Gasteiger partial charge in [-0.05, 0) is 69.1 Å². The highest BCUT2D eigenvalue weighted by Gasteiger charge is 2.51. The summed E-state index contributed by atoms with van der Waals surface area (Å²) in [5, 5.41) is 9.71. The van der Waals surface area contributed by atoms with Gasteiger partial charge in [-0.15, -0.1) is 0 Å². The van der Waals surface area contributed by atoms with Crippen LogP contribution in [0.3, 0.4) is 0 Å². The van der Waals surface area contributed by atoms with E-state index in [-0.39, 0.29) is 23.6 Å². The zero-order valence-corrected chi connectivity index (χ0v) is 31.4. The second-order valence-electron chi connectivity index (χ2n) is 14.3. The summed E-state index contributed by atoms with van der Waals surface area (Å²) in [5.41, 5.74) is 3.65. The Hall–Kier alpha value is -4.63. The number of thiazole rings is 1. The van der Waals surface area contributed by atoms with Crippen LogP contribution in [0.15, 0.2) is 54.7 Å². The molecular weight excluding hydrogens is 712 g/mol. The summed E-state index contributed by atoms with van der Waals surface area (Å²) in [5.74, 6) is 1.37. The molecule has 8 rings (SSSR count). The number of likely N-dealkylation sites (tertiary alicyclic amines) is 1. The number of anilines is 5. The van der Waals surface area contributed by atoms with Crippen LogP contribution < -0.4 is 25.8 Å². The minimum atomic E-state index is -0.261. The second kappa shape index (κ2) is 15.0. The number of carbonyl (C=O) groups is 3. The molecule has 2 aromatic carbocycles. The normalized spacial score (nSPS) is 21.8. The third kappa shape index (κ3) is 7.59. The number of fused-ring (bicyclic) bond motifs is 1. The predicted octanol–water partition coefficient (Wildman–Crippen LogP) is 4.80. The minimum absolute atomic E-state index is 0.179. The number of hydrogen-bond donors (Lipinski definition) is 3. The van der Waals surface area contributed by atoms with Gasteiger partial charge in [-0.25, -0.2) is 15.0 Å². The Morgan fingerprint density at radius 2 is 1.81 bits per heavy atom. The maximum atomic E-state index is 12.9. The number of hydrogen-bond acceptors (Lipinski definition) is 12. The van der Waals surface area contributed by atoms with Gasteiger partial charge in [0.15, 0.2) is 5.13 Å². The molecule has 4 aliphatic heterocycles. The molecule has 0 radical (unpaired) electrons. The molecule has 13 nitrogen and oxygen atoms in total. The average Bonchev–Trinajstić information content (AvgIpc) is 3.60. The molecule has 0 bridgehead atoms. The number of carbonyl (C=O) groups excluding carboxylic acids is 3. The molecule has 4 fully saturated rings. The largest absolute Gasteiger partial charge is 0.369 e. The fourth-order valence-corrected chi connectivity index (χ4v) is 8.78. The Morgan fingerprint density at radius 1 is 1.00 bits per heavy atom. The number of piperazine rings is 2. The maximum Gasteiger partial charge on any atom is 0.267 e. The van der Waals surface area contributed by atoms with Crippen LogP contribution in [0.1, 0.15) is 51.8 Å². The molecule has 0 spiro atoms. The number of rotatable bonds is 11. The van der Waals surface area contributed by atoms with Crippen molar-refractivity contribution in [3.8, 4) is 0 Å². The number of aromatic nitrogens is 3. The number of nitrogens with zero attached hydrogens (tertiary/aromatic N) is 7. The highest BCUT2D eigenvalue weighted by atomic mass is 35.5. The van der Waals surface area contributed by atoms with Crippen molar-refractivity contribution in [3.05, 3.63) is 81.6 Å². The SMILES string of the molecule is Cc1nc(Nc2ncc(C(=O)Nc3c(C)cccc3Cl)s2)cc(N2CC3[C@@H]2CN3CCCN2CCN(c3ccc(C4CCC(=O)NC4=O)cc3)CC2)n1. The average molecular weight is 755 g/mol. The van der Waals surface area contributed by atoms with E-state index in [0.29, 0.717) is 57.3 Å². The quantitative estimate of drug-likeness (QED) is 0.182. The number of aryl methyl sites for hydroxylation is 2. The van der Waals surface area contributed by atoms with Gasteiger partial charge in [0, 0.05) is 63.5 Å². The lowest BCUT2D eigenvalue weighted by atomic mass is 9.85. The van der Waals surface area contributed by atoms with E-state index in [1.807, 2.05) is 44.2 Å². The van der Waals surface area contributed by atoms with Crippen LogP contribution in [-0.4, -0.2) is 107 Å². The molecule has 0 saturated carbocycles. The molecular formula is C38H43ClN10O3S. The molecule has 3 atom stereocenters. The lowest BCUT2D eigenvalue weighted by Gasteiger charge is -2.62. The van der Waals surface area contributed by atoms with Crippen molar-refractivity contribution in [2.45, 2.75) is 51.1 Å². The first kappa shape index (κ1) is 35.4. The zero-order chi connectivity index (χ0) is 36.6. The number of amides is 3. The lowest BCUT2D eigenvalue weighted by Crippen LogP contribution is -2.79. The van der Waals surface area contributed by atoms with Crippen LogP contribution in [0.25, 0.3) is 0 Å². The third-order valence-corrected chi connectivity index (χ3v) is 12.1. The van der Waals surface area contributed by atoms with Crippen LogP contribution in [0.2, 0.25) is 5.02 Å². The van der Waals surface area contributed by atoms with Crippen LogP contribution in [0, 0.1) is 13.8 Å². The maximum absolute atomic E-state index is 12.9. The first-order valence-electron chi connectivity index (χ1n) is 18.2. The van der Waals surface area contributed by atoms with Gasteiger partial charge in [0.2, 0.25) is 11.8 Å². The molecule has 4 saturated heterocycles. The number of benzene rings is 2. The molecule has 6 heterocycles. The molecule has 53 heavy (non-hydrogen) atoms. The first-order valence-corrected chi connectivity index (χ1v) is 19.4. The molecule has 3 N–H and O–H groups in total. The van der Waals surface area contributed by atoms with Gasteiger partial charge in [-0.1, -0.05) is 47.2 Å². The van der Waals surface area contributed by atoms with Gasteiger partial charge in [0.25, 0.3) is 5.91 Å². The van der Waals surface area contributed by atoms with E-state index in [2.05, 4.69) is 57.7 Å². The van der Waals surface area contributed by atoms with E-state index in [9.17, 15) is 14.4 Å². The van der Waals surface area contributed by atoms with Crippen molar-refractivity contribution in [3.63, 3.8) is 0 Å². The molecule has 2 aromatic heterocycles. The fourth-order valence-electron chi connectivity index (χ4n) is 7.80. The molecule has 15 heteroatoms. The van der Waals surface area contributed by atoms with Crippen LogP contribution in [0.4, 0.5) is 28.1 Å². The Kier molecular flexibility index (Phi) is 10.0. The number of piperidine rings is 1. The van der Waals surface area contributed by atoms with Gasteiger partial charge in [0.1, 0.15) is 22.3 Å². The van der Waals surface area contributed by atoms with Gasteiger partial charge >= 0.3 is 0 Å². The van der Waals surface area contributed by atoms with Crippen LogP contribution in [-0.2, 0) is 9.59 Å². The third-order valence-electron chi connectivity index (χ3n) is 10.9. The van der Waals surface area contributed by atoms with Crippen LogP contribution in [0.5, 0.6) is 0 Å². The highest BCUT2D eigenvalue weighted by Crippen LogP contribution is 2.38. The summed E-state index contributed by atoms with van der Waals surface area (Å²) in [6, 6.07) is 16.8. The summed E-state index contributed by atoms with van der Waals surface area (Å²) in [6.45, 7) is 12.0. The molecule has 0 aliphatic carbocycles. The fraction of sp³-hybridized carbons (Fsp3) is 0.421. The number of para-hydroxylation sites is 1. The van der Waals surface area contributed by atoms with E-state index in [1.165, 1.54) is 17.0 Å². The molecule has 276 valence electrons. The predicted molar refractivity (Wildman–Crippen MR) is 208 cm³/mol. The van der Waals surface area contributed by atoms with Crippen molar-refractivity contribution in [1.82, 2.24) is 30.1 Å². The van der Waals surface area contributed by atoms with Crippen molar-refractivity contribution >= 4 is 68.8 Å². The Morgan fingerprint density at radius 3 is 2.55 bits per heavy atom. The monoisotopic (exact) mass is 754 g/mol. The van der Waals surface area contributed by atoms with E-state index >= 15 is 0 Å². The smallest absolute Gasteiger partial charge is 0.267 e. The summed E-state index contributed by atoms with van der Waals surface area (Å²) < 4.78 is 0. The van der Waals surface area contributed by atoms with Crippen molar-refractivity contribution in [2.75, 3.05) is 72.8 Å². The highest BCUT2D eigenvalue weighted by molar-refractivity contribution is 7.17. The lowest BCUT2D eigenvalue weighted by molar-refractivity contribution is -0.134. The summed E-state index contributed by atoms with van der Waals surface area (Å²) in [6.07, 6.45) is 3.68. The Balaban J connectivity index is 0.765. The van der Waals surface area contributed by atoms with Crippen molar-refractivity contribution < 1.29 is 14.4 Å². The molecule has 2 unspecified atom stereocenters. The number of nitrogens with one attached hydrogen (secondary N) is 3. The van der Waals surface area contributed by atoms with Crippen LogP contribution >= 0.6 is 22.9 Å². The number of halogens is 1. The zero-order valence-electron chi connectivity index (χ0n) is 29.8. The van der Waals surface area contributed by atoms with Gasteiger partial charge in [-0.3, -0.25) is 29.5 Å². The molecule has 4 aromatic rings. The Labute approximate surface area is 317 Å². The number of imide groups is 1.